The fourth-order valence-electron chi connectivity index (χ4n) is 5.20. The fourth-order valence-corrected chi connectivity index (χ4v) is 5.20. The van der Waals surface area contributed by atoms with Crippen molar-refractivity contribution >= 4 is 17.9 Å². The van der Waals surface area contributed by atoms with Crippen molar-refractivity contribution in [2.24, 2.45) is 0 Å². The van der Waals surface area contributed by atoms with E-state index in [-0.39, 0.29) is 12.5 Å². The molecule has 5 rings (SSSR count). The summed E-state index contributed by atoms with van der Waals surface area (Å²) in [5.74, 6) is 0.269. The summed E-state index contributed by atoms with van der Waals surface area (Å²) in [6.07, 6.45) is 3.55. The largest absolute Gasteiger partial charge is 0.468 e. The van der Waals surface area contributed by atoms with Gasteiger partial charge in [0.1, 0.15) is 11.8 Å². The predicted molar refractivity (Wildman–Crippen MR) is 160 cm³/mol. The van der Waals surface area contributed by atoms with E-state index in [2.05, 4.69) is 9.88 Å². The number of halogens is 3. The number of pyridine rings is 1. The van der Waals surface area contributed by atoms with Gasteiger partial charge in [-0.2, -0.15) is 13.2 Å². The van der Waals surface area contributed by atoms with Gasteiger partial charge < -0.3 is 14.2 Å². The lowest BCUT2D eigenvalue weighted by Gasteiger charge is -2.39. The number of rotatable bonds is 10. The van der Waals surface area contributed by atoms with E-state index in [9.17, 15) is 22.8 Å². The molecular weight excluding hydrogens is 569 g/mol. The molecule has 4 aromatic rings. The van der Waals surface area contributed by atoms with E-state index in [1.807, 2.05) is 48.5 Å². The van der Waals surface area contributed by atoms with Crippen LogP contribution in [0.5, 0.6) is 0 Å². The van der Waals surface area contributed by atoms with Gasteiger partial charge in [-0.25, -0.2) is 0 Å². The fraction of sp³-hybridized carbons (Fsp3) is 0.265. The van der Waals surface area contributed by atoms with E-state index in [1.54, 1.807) is 29.6 Å². The first-order chi connectivity index (χ1) is 21.3. The normalized spacial score (nSPS) is 14.9. The van der Waals surface area contributed by atoms with Crippen molar-refractivity contribution in [3.8, 4) is 0 Å². The molecule has 0 N–H and O–H groups in total. The third kappa shape index (κ3) is 8.23. The van der Waals surface area contributed by atoms with Gasteiger partial charge in [0.2, 0.25) is 11.8 Å². The topological polar surface area (TPSA) is 69.9 Å². The molecule has 2 aromatic carbocycles. The zero-order chi connectivity index (χ0) is 30.9. The molecule has 1 unspecified atom stereocenters. The number of hydrogen-bond acceptors (Lipinski definition) is 5. The van der Waals surface area contributed by atoms with Crippen LogP contribution in [0.15, 0.2) is 108 Å². The van der Waals surface area contributed by atoms with Crippen LogP contribution in [0.25, 0.3) is 6.08 Å². The van der Waals surface area contributed by atoms with Gasteiger partial charge in [-0.05, 0) is 53.1 Å². The molecule has 2 amide bonds. The first-order valence-electron chi connectivity index (χ1n) is 14.4. The second kappa shape index (κ2) is 14.2. The molecule has 0 spiro atoms. The first-order valence-corrected chi connectivity index (χ1v) is 14.4. The lowest BCUT2D eigenvalue weighted by molar-refractivity contribution is -0.145. The van der Waals surface area contributed by atoms with Crippen molar-refractivity contribution in [2.45, 2.75) is 31.7 Å². The number of piperazine rings is 1. The van der Waals surface area contributed by atoms with Crippen molar-refractivity contribution in [3.63, 3.8) is 0 Å². The highest BCUT2D eigenvalue weighted by Gasteiger charge is 2.34. The van der Waals surface area contributed by atoms with Crippen molar-refractivity contribution < 1.29 is 27.2 Å². The van der Waals surface area contributed by atoms with Gasteiger partial charge in [-0.1, -0.05) is 48.5 Å². The van der Waals surface area contributed by atoms with E-state index in [1.165, 1.54) is 29.2 Å². The number of carbonyl (C=O) groups excluding carboxylic acids is 2. The summed E-state index contributed by atoms with van der Waals surface area (Å²) in [5, 5.41) is 0. The van der Waals surface area contributed by atoms with E-state index in [0.717, 1.165) is 29.0 Å². The molecule has 1 saturated heterocycles. The predicted octanol–water partition coefficient (Wildman–Crippen LogP) is 5.69. The number of benzene rings is 2. The molecule has 44 heavy (non-hydrogen) atoms. The molecule has 3 heterocycles. The molecule has 2 aromatic heterocycles. The van der Waals surface area contributed by atoms with Crippen LogP contribution in [0, 0.1) is 0 Å². The highest BCUT2D eigenvalue weighted by Crippen LogP contribution is 2.29. The quantitative estimate of drug-likeness (QED) is 0.218. The smallest absolute Gasteiger partial charge is 0.416 e. The van der Waals surface area contributed by atoms with Gasteiger partial charge in [0, 0.05) is 57.6 Å². The molecule has 7 nitrogen and oxygen atoms in total. The Morgan fingerprint density at radius 1 is 0.909 bits per heavy atom. The molecule has 1 aliphatic heterocycles. The summed E-state index contributed by atoms with van der Waals surface area (Å²) in [5.41, 5.74) is 1.32. The van der Waals surface area contributed by atoms with Crippen LogP contribution in [-0.2, 0) is 35.3 Å². The third-order valence-electron chi connectivity index (χ3n) is 7.59. The van der Waals surface area contributed by atoms with Crippen LogP contribution in [-0.4, -0.2) is 63.7 Å². The van der Waals surface area contributed by atoms with E-state index in [4.69, 9.17) is 4.42 Å². The maximum Gasteiger partial charge on any atom is 0.416 e. The van der Waals surface area contributed by atoms with Gasteiger partial charge in [0.15, 0.2) is 0 Å². The molecule has 1 fully saturated rings. The standard InChI is InChI=1S/C34H33F3N4O3/c35-34(36,37)29-13-10-26(11-14-29)12-15-32(42)41(24-28-8-4-16-38-23-28)31(22-27-6-2-1-3-7-27)33(43)40-19-17-39(18-20-40)25-30-9-5-21-44-30/h1-16,21,23,31H,17-20,22,24-25H2. The maximum atomic E-state index is 14.2. The summed E-state index contributed by atoms with van der Waals surface area (Å²) in [7, 11) is 0. The van der Waals surface area contributed by atoms with Gasteiger partial charge in [-0.15, -0.1) is 0 Å². The Morgan fingerprint density at radius 2 is 1.64 bits per heavy atom. The van der Waals surface area contributed by atoms with Crippen molar-refractivity contribution in [1.82, 2.24) is 19.7 Å². The third-order valence-corrected chi connectivity index (χ3v) is 7.59. The molecule has 0 saturated carbocycles. The molecule has 228 valence electrons. The summed E-state index contributed by atoms with van der Waals surface area (Å²) in [4.78, 5) is 37.8. The molecule has 0 radical (unpaired) electrons. The van der Waals surface area contributed by atoms with Crippen LogP contribution >= 0.6 is 0 Å². The zero-order valence-electron chi connectivity index (χ0n) is 24.1. The number of alkyl halides is 3. The minimum Gasteiger partial charge on any atom is -0.468 e. The number of nitrogens with zero attached hydrogens (tertiary/aromatic N) is 4. The molecule has 1 atom stereocenters. The Kier molecular flexibility index (Phi) is 9.91. The monoisotopic (exact) mass is 602 g/mol. The number of carbonyl (C=O) groups is 2. The molecule has 1 aliphatic rings. The van der Waals surface area contributed by atoms with Crippen LogP contribution in [0.3, 0.4) is 0 Å². The average Bonchev–Trinajstić information content (AvgIpc) is 3.55. The Labute approximate surface area is 254 Å². The second-order valence-electron chi connectivity index (χ2n) is 10.7. The SMILES string of the molecule is O=C(C(Cc1ccccc1)N(Cc1cccnc1)C(=O)C=Cc1ccc(C(F)(F)F)cc1)N1CCN(Cc2ccco2)CC1. The summed E-state index contributed by atoms with van der Waals surface area (Å²) >= 11 is 0. The summed E-state index contributed by atoms with van der Waals surface area (Å²) in [6, 6.07) is 20.7. The van der Waals surface area contributed by atoms with Crippen LogP contribution in [0.1, 0.15) is 28.0 Å². The van der Waals surface area contributed by atoms with Gasteiger partial charge >= 0.3 is 6.18 Å². The Bertz CT molecular complexity index is 1520. The van der Waals surface area contributed by atoms with Gasteiger partial charge in [-0.3, -0.25) is 19.5 Å². The van der Waals surface area contributed by atoms with Crippen LogP contribution in [0.4, 0.5) is 13.2 Å². The van der Waals surface area contributed by atoms with Crippen LogP contribution < -0.4 is 0 Å². The van der Waals surface area contributed by atoms with Crippen molar-refractivity contribution in [2.75, 3.05) is 26.2 Å². The minimum absolute atomic E-state index is 0.131. The zero-order valence-corrected chi connectivity index (χ0v) is 24.1. The maximum absolute atomic E-state index is 14.2. The summed E-state index contributed by atoms with van der Waals surface area (Å²) < 4.78 is 44.5. The number of amides is 2. The highest BCUT2D eigenvalue weighted by atomic mass is 19.4. The van der Waals surface area contributed by atoms with Crippen molar-refractivity contribution in [1.29, 1.82) is 0 Å². The Balaban J connectivity index is 1.39. The lowest BCUT2D eigenvalue weighted by atomic mass is 10.0. The van der Waals surface area contributed by atoms with Crippen molar-refractivity contribution in [3.05, 3.63) is 132 Å². The molecular formula is C34H33F3N4O3. The number of aromatic nitrogens is 1. The number of hydrogen-bond donors (Lipinski definition) is 0. The second-order valence-corrected chi connectivity index (χ2v) is 10.7. The van der Waals surface area contributed by atoms with E-state index in [0.29, 0.717) is 44.7 Å². The van der Waals surface area contributed by atoms with Crippen LogP contribution in [0.2, 0.25) is 0 Å². The minimum atomic E-state index is -4.45. The van der Waals surface area contributed by atoms with Gasteiger partial charge in [0.25, 0.3) is 0 Å². The molecule has 0 bridgehead atoms. The molecule has 10 heteroatoms. The molecule has 0 aliphatic carbocycles. The Morgan fingerprint density at radius 3 is 2.27 bits per heavy atom. The first kappa shape index (κ1) is 30.7. The van der Waals surface area contributed by atoms with E-state index >= 15 is 0 Å². The Hall–Kier alpha value is -4.70. The summed E-state index contributed by atoms with van der Waals surface area (Å²) in [6.45, 7) is 3.11. The average molecular weight is 603 g/mol. The highest BCUT2D eigenvalue weighted by molar-refractivity contribution is 5.95. The van der Waals surface area contributed by atoms with Gasteiger partial charge in [0.05, 0.1) is 18.4 Å². The number of furan rings is 1. The lowest BCUT2D eigenvalue weighted by Crippen LogP contribution is -2.56. The van der Waals surface area contributed by atoms with E-state index < -0.39 is 23.7 Å².